The first kappa shape index (κ1) is 20.7. The molecule has 8 nitrogen and oxygen atoms in total. The molecule has 3 heterocycles. The van der Waals surface area contributed by atoms with Crippen LogP contribution in [0, 0.1) is 6.92 Å². The number of nitrogens with one attached hydrogen (secondary N) is 3. The number of nitrogens with two attached hydrogens (primary N) is 1. The lowest BCUT2D eigenvalue weighted by Gasteiger charge is -2.19. The molecule has 1 atom stereocenters. The van der Waals surface area contributed by atoms with Crippen LogP contribution >= 0.6 is 0 Å². The second kappa shape index (κ2) is 8.76. The number of hydrogen-bond donors (Lipinski definition) is 4. The summed E-state index contributed by atoms with van der Waals surface area (Å²) in [5.74, 6) is 0.510. The molecule has 0 spiro atoms. The van der Waals surface area contributed by atoms with E-state index in [0.717, 1.165) is 28.7 Å². The van der Waals surface area contributed by atoms with Gasteiger partial charge in [0.05, 0.1) is 23.0 Å². The van der Waals surface area contributed by atoms with Gasteiger partial charge < -0.3 is 25.6 Å². The predicted octanol–water partition coefficient (Wildman–Crippen LogP) is 3.39. The fourth-order valence-corrected chi connectivity index (χ4v) is 4.10. The minimum Gasteiger partial charge on any atom is -0.380 e. The van der Waals surface area contributed by atoms with Crippen LogP contribution in [0.25, 0.3) is 28.1 Å². The summed E-state index contributed by atoms with van der Waals surface area (Å²) in [5.41, 5.74) is 11.8. The third kappa shape index (κ3) is 4.16. The van der Waals surface area contributed by atoms with Crippen LogP contribution in [0.3, 0.4) is 0 Å². The highest BCUT2D eigenvalue weighted by atomic mass is 16.1. The molecule has 0 radical (unpaired) electrons. The minimum atomic E-state index is -0.220. The first-order chi connectivity index (χ1) is 16.1. The van der Waals surface area contributed by atoms with Crippen LogP contribution < -0.4 is 16.6 Å². The molecule has 166 valence electrons. The highest BCUT2D eigenvalue weighted by molar-refractivity contribution is 5.86. The Morgan fingerprint density at radius 3 is 2.79 bits per heavy atom. The number of nitrogens with zero attached hydrogens (tertiary/aromatic N) is 3. The largest absolute Gasteiger partial charge is 0.380 e. The lowest BCUT2D eigenvalue weighted by atomic mass is 10.1. The zero-order valence-electron chi connectivity index (χ0n) is 18.2. The zero-order chi connectivity index (χ0) is 22.8. The quantitative estimate of drug-likeness (QED) is 0.310. The van der Waals surface area contributed by atoms with Crippen LogP contribution in [0.2, 0.25) is 0 Å². The van der Waals surface area contributed by atoms with Crippen molar-refractivity contribution in [3.05, 3.63) is 94.9 Å². The molecule has 0 aliphatic rings. The summed E-state index contributed by atoms with van der Waals surface area (Å²) in [4.78, 5) is 27.9. The number of imidazole rings is 2. The van der Waals surface area contributed by atoms with E-state index in [1.165, 1.54) is 5.56 Å². The van der Waals surface area contributed by atoms with Crippen LogP contribution in [0.5, 0.6) is 0 Å². The molecule has 8 heteroatoms. The predicted molar refractivity (Wildman–Crippen MR) is 131 cm³/mol. The lowest BCUT2D eigenvalue weighted by molar-refractivity contribution is 0.724. The second-order valence-corrected chi connectivity index (χ2v) is 8.08. The van der Waals surface area contributed by atoms with Gasteiger partial charge in [0.1, 0.15) is 11.4 Å². The third-order valence-corrected chi connectivity index (χ3v) is 5.73. The van der Waals surface area contributed by atoms with E-state index < -0.39 is 0 Å². The Hall–Kier alpha value is -4.17. The second-order valence-electron chi connectivity index (χ2n) is 8.08. The molecule has 5 aromatic rings. The molecule has 5 N–H and O–H groups in total. The van der Waals surface area contributed by atoms with Gasteiger partial charge in [0.2, 0.25) is 0 Å². The van der Waals surface area contributed by atoms with Crippen molar-refractivity contribution in [1.29, 1.82) is 0 Å². The van der Waals surface area contributed by atoms with Gasteiger partial charge in [-0.1, -0.05) is 30.3 Å². The fraction of sp³-hybridized carbons (Fsp3) is 0.160. The van der Waals surface area contributed by atoms with Gasteiger partial charge >= 0.3 is 0 Å². The number of benzene rings is 2. The number of aromatic nitrogens is 5. The molecule has 0 unspecified atom stereocenters. The fourth-order valence-electron chi connectivity index (χ4n) is 4.10. The van der Waals surface area contributed by atoms with Gasteiger partial charge in [0.25, 0.3) is 5.56 Å². The topological polar surface area (TPSA) is 117 Å². The minimum absolute atomic E-state index is 0.0353. The summed E-state index contributed by atoms with van der Waals surface area (Å²) in [6, 6.07) is 16.0. The summed E-state index contributed by atoms with van der Waals surface area (Å²) in [6.07, 6.45) is 7.76. The van der Waals surface area contributed by atoms with Gasteiger partial charge in [0.15, 0.2) is 0 Å². The number of aromatic amines is 2. The van der Waals surface area contributed by atoms with Crippen molar-refractivity contribution in [2.45, 2.75) is 19.4 Å². The Balaban J connectivity index is 1.53. The molecule has 2 aromatic carbocycles. The molecule has 0 saturated carbocycles. The van der Waals surface area contributed by atoms with Gasteiger partial charge in [-0.15, -0.1) is 0 Å². The molecule has 0 saturated heterocycles. The summed E-state index contributed by atoms with van der Waals surface area (Å²) in [5, 5.41) is 3.46. The Kier molecular flexibility index (Phi) is 5.50. The number of pyridine rings is 1. The Labute approximate surface area is 190 Å². The molecule has 5 rings (SSSR count). The van der Waals surface area contributed by atoms with E-state index in [0.29, 0.717) is 23.6 Å². The van der Waals surface area contributed by atoms with E-state index in [-0.39, 0.29) is 11.6 Å². The number of anilines is 1. The number of H-pyrrole nitrogens is 2. The SMILES string of the molecule is Cc1cc(-n2ccnc2)cc2[nH]c(-c3c(N[C@H](CN)Cc4ccccc4)cc[nH]c3=O)nc12. The van der Waals surface area contributed by atoms with Crippen molar-refractivity contribution in [1.82, 2.24) is 24.5 Å². The molecule has 0 aliphatic carbocycles. The maximum absolute atomic E-state index is 12.9. The van der Waals surface area contributed by atoms with Gasteiger partial charge in [-0.2, -0.15) is 0 Å². The summed E-state index contributed by atoms with van der Waals surface area (Å²) in [7, 11) is 0. The molecule has 0 amide bonds. The van der Waals surface area contributed by atoms with E-state index in [4.69, 9.17) is 10.7 Å². The first-order valence-electron chi connectivity index (χ1n) is 10.8. The van der Waals surface area contributed by atoms with E-state index in [2.05, 4.69) is 32.4 Å². The van der Waals surface area contributed by atoms with Crippen molar-refractivity contribution >= 4 is 16.7 Å². The Morgan fingerprint density at radius 1 is 1.18 bits per heavy atom. The van der Waals surface area contributed by atoms with E-state index >= 15 is 0 Å². The molecule has 3 aromatic heterocycles. The molecule has 33 heavy (non-hydrogen) atoms. The maximum Gasteiger partial charge on any atom is 0.261 e. The Morgan fingerprint density at radius 2 is 2.03 bits per heavy atom. The number of hydrogen-bond acceptors (Lipinski definition) is 5. The van der Waals surface area contributed by atoms with Crippen LogP contribution in [-0.4, -0.2) is 37.1 Å². The number of fused-ring (bicyclic) bond motifs is 1. The molecule has 0 fully saturated rings. The lowest BCUT2D eigenvalue weighted by Crippen LogP contribution is -2.32. The van der Waals surface area contributed by atoms with Crippen molar-refractivity contribution in [2.75, 3.05) is 11.9 Å². The zero-order valence-corrected chi connectivity index (χ0v) is 18.2. The maximum atomic E-state index is 12.9. The summed E-state index contributed by atoms with van der Waals surface area (Å²) < 4.78 is 1.94. The monoisotopic (exact) mass is 439 g/mol. The normalized spacial score (nSPS) is 12.2. The van der Waals surface area contributed by atoms with Crippen molar-refractivity contribution in [3.8, 4) is 17.1 Å². The molecular weight excluding hydrogens is 414 g/mol. The average molecular weight is 440 g/mol. The average Bonchev–Trinajstić information content (AvgIpc) is 3.50. The number of rotatable bonds is 7. The molecule has 0 bridgehead atoms. The van der Waals surface area contributed by atoms with Gasteiger partial charge in [-0.25, -0.2) is 9.97 Å². The van der Waals surface area contributed by atoms with Crippen molar-refractivity contribution in [3.63, 3.8) is 0 Å². The van der Waals surface area contributed by atoms with Crippen molar-refractivity contribution in [2.24, 2.45) is 5.73 Å². The van der Waals surface area contributed by atoms with E-state index in [1.807, 2.05) is 54.1 Å². The van der Waals surface area contributed by atoms with E-state index in [9.17, 15) is 4.79 Å². The number of aryl methyl sites for hydroxylation is 1. The van der Waals surface area contributed by atoms with Crippen LogP contribution in [0.1, 0.15) is 11.1 Å². The highest BCUT2D eigenvalue weighted by Crippen LogP contribution is 2.28. The smallest absolute Gasteiger partial charge is 0.261 e. The standard InChI is InChI=1S/C25H25N7O/c1-16-11-19(32-10-9-27-15-32)13-21-23(16)31-24(30-21)22-20(7-8-28-25(22)33)29-18(14-26)12-17-5-3-2-4-6-17/h2-11,13,15,18H,12,14,26H2,1H3,(H,30,31)(H2,28,29,33)/t18-/m0/s1. The summed E-state index contributed by atoms with van der Waals surface area (Å²) in [6.45, 7) is 2.43. The van der Waals surface area contributed by atoms with Gasteiger partial charge in [0, 0.05) is 36.9 Å². The Bertz CT molecular complexity index is 1440. The van der Waals surface area contributed by atoms with Crippen LogP contribution in [-0.2, 0) is 6.42 Å². The third-order valence-electron chi connectivity index (χ3n) is 5.73. The van der Waals surface area contributed by atoms with Crippen LogP contribution in [0.4, 0.5) is 5.69 Å². The van der Waals surface area contributed by atoms with E-state index in [1.54, 1.807) is 18.7 Å². The molecule has 0 aliphatic heterocycles. The van der Waals surface area contributed by atoms with Crippen LogP contribution in [0.15, 0.2) is 78.2 Å². The van der Waals surface area contributed by atoms with Gasteiger partial charge in [-0.3, -0.25) is 4.79 Å². The highest BCUT2D eigenvalue weighted by Gasteiger charge is 2.18. The molecular formula is C25H25N7O. The first-order valence-corrected chi connectivity index (χ1v) is 10.8. The summed E-state index contributed by atoms with van der Waals surface area (Å²) >= 11 is 0. The van der Waals surface area contributed by atoms with Crippen molar-refractivity contribution < 1.29 is 0 Å². The van der Waals surface area contributed by atoms with Gasteiger partial charge in [-0.05, 0) is 42.7 Å².